The smallest absolute Gasteiger partial charge is 0.317 e. The highest BCUT2D eigenvalue weighted by Gasteiger charge is 2.25. The van der Waals surface area contributed by atoms with E-state index in [1.54, 1.807) is 0 Å². The van der Waals surface area contributed by atoms with Crippen LogP contribution in [0.2, 0.25) is 0 Å². The molecule has 1 aliphatic heterocycles. The van der Waals surface area contributed by atoms with Gasteiger partial charge in [0.25, 0.3) is 0 Å². The van der Waals surface area contributed by atoms with Crippen LogP contribution in [0.25, 0.3) is 0 Å². The van der Waals surface area contributed by atoms with Gasteiger partial charge in [-0.05, 0) is 39.5 Å². The Balaban J connectivity index is 1.70. The maximum atomic E-state index is 12.1. The fourth-order valence-corrected chi connectivity index (χ4v) is 3.27. The molecule has 116 valence electrons. The molecule has 1 aliphatic carbocycles. The summed E-state index contributed by atoms with van der Waals surface area (Å²) in [5.41, 5.74) is -0.143. The van der Waals surface area contributed by atoms with Gasteiger partial charge in [0.2, 0.25) is 0 Å². The number of urea groups is 1. The third kappa shape index (κ3) is 4.97. The average molecular weight is 281 g/mol. The molecule has 20 heavy (non-hydrogen) atoms. The fraction of sp³-hybridized carbons (Fsp3) is 0.938. The van der Waals surface area contributed by atoms with Crippen LogP contribution in [0.15, 0.2) is 0 Å². The Hall–Kier alpha value is -0.770. The lowest BCUT2D eigenvalue weighted by molar-refractivity contribution is 0.116. The number of hydrogen-bond donors (Lipinski definition) is 1. The molecule has 1 saturated heterocycles. The van der Waals surface area contributed by atoms with E-state index in [1.165, 1.54) is 38.6 Å². The van der Waals surface area contributed by atoms with Crippen molar-refractivity contribution in [2.45, 2.75) is 58.4 Å². The van der Waals surface area contributed by atoms with Crippen LogP contribution in [-0.4, -0.2) is 54.1 Å². The first-order valence-corrected chi connectivity index (χ1v) is 8.23. The molecule has 0 atom stereocenters. The second kappa shape index (κ2) is 6.79. The summed E-state index contributed by atoms with van der Waals surface area (Å²) in [6, 6.07) is 0.0924. The quantitative estimate of drug-likeness (QED) is 0.844. The third-order valence-electron chi connectivity index (χ3n) is 4.38. The maximum Gasteiger partial charge on any atom is 0.317 e. The molecule has 4 heteroatoms. The zero-order valence-corrected chi connectivity index (χ0v) is 13.5. The zero-order valence-electron chi connectivity index (χ0n) is 13.5. The van der Waals surface area contributed by atoms with Crippen molar-refractivity contribution < 1.29 is 4.79 Å². The second-order valence-corrected chi connectivity index (χ2v) is 7.47. The van der Waals surface area contributed by atoms with Crippen LogP contribution in [0.5, 0.6) is 0 Å². The predicted molar refractivity (Wildman–Crippen MR) is 82.9 cm³/mol. The van der Waals surface area contributed by atoms with E-state index in [-0.39, 0.29) is 11.6 Å². The SMILES string of the molecule is CC(C)(C)NC(=O)N1CCN(CC2CCCCC2)CC1. The van der Waals surface area contributed by atoms with Gasteiger partial charge in [-0.15, -0.1) is 0 Å². The molecular formula is C16H31N3O. The summed E-state index contributed by atoms with van der Waals surface area (Å²) in [6.45, 7) is 11.2. The molecule has 4 nitrogen and oxygen atoms in total. The molecule has 0 spiro atoms. The number of amides is 2. The molecule has 2 rings (SSSR count). The molecule has 2 fully saturated rings. The molecule has 0 aromatic rings. The first-order chi connectivity index (χ1) is 9.44. The van der Waals surface area contributed by atoms with E-state index in [2.05, 4.69) is 10.2 Å². The number of nitrogens with zero attached hydrogens (tertiary/aromatic N) is 2. The van der Waals surface area contributed by atoms with Crippen LogP contribution in [0.1, 0.15) is 52.9 Å². The summed E-state index contributed by atoms with van der Waals surface area (Å²) >= 11 is 0. The summed E-state index contributed by atoms with van der Waals surface area (Å²) in [4.78, 5) is 16.6. The van der Waals surface area contributed by atoms with Gasteiger partial charge in [0, 0.05) is 38.3 Å². The van der Waals surface area contributed by atoms with E-state index in [1.807, 2.05) is 25.7 Å². The molecular weight excluding hydrogens is 250 g/mol. The van der Waals surface area contributed by atoms with E-state index < -0.39 is 0 Å². The molecule has 0 aromatic carbocycles. The van der Waals surface area contributed by atoms with Crippen molar-refractivity contribution in [3.05, 3.63) is 0 Å². The maximum absolute atomic E-state index is 12.1. The lowest BCUT2D eigenvalue weighted by Crippen LogP contribution is -2.55. The van der Waals surface area contributed by atoms with E-state index in [0.29, 0.717) is 0 Å². The van der Waals surface area contributed by atoms with Crippen molar-refractivity contribution in [3.8, 4) is 0 Å². The first kappa shape index (κ1) is 15.6. The van der Waals surface area contributed by atoms with Crippen molar-refractivity contribution >= 4 is 6.03 Å². The molecule has 0 bridgehead atoms. The van der Waals surface area contributed by atoms with E-state index in [9.17, 15) is 4.79 Å². The Bertz CT molecular complexity index is 310. The van der Waals surface area contributed by atoms with Crippen LogP contribution in [0.3, 0.4) is 0 Å². The van der Waals surface area contributed by atoms with Crippen molar-refractivity contribution in [1.82, 2.24) is 15.1 Å². The van der Waals surface area contributed by atoms with Gasteiger partial charge in [-0.3, -0.25) is 4.90 Å². The number of hydrogen-bond acceptors (Lipinski definition) is 2. The van der Waals surface area contributed by atoms with Crippen molar-refractivity contribution in [2.75, 3.05) is 32.7 Å². The molecule has 1 saturated carbocycles. The topological polar surface area (TPSA) is 35.6 Å². The molecule has 1 N–H and O–H groups in total. The summed E-state index contributed by atoms with van der Waals surface area (Å²) in [5, 5.41) is 3.05. The standard InChI is InChI=1S/C16H31N3O/c1-16(2,3)17-15(20)19-11-9-18(10-12-19)13-14-7-5-4-6-8-14/h14H,4-13H2,1-3H3,(H,17,20). The summed E-state index contributed by atoms with van der Waals surface area (Å²) in [5.74, 6) is 0.902. The van der Waals surface area contributed by atoms with Gasteiger partial charge in [-0.2, -0.15) is 0 Å². The van der Waals surface area contributed by atoms with Crippen LogP contribution in [0.4, 0.5) is 4.79 Å². The largest absolute Gasteiger partial charge is 0.333 e. The molecule has 0 radical (unpaired) electrons. The van der Waals surface area contributed by atoms with Crippen LogP contribution in [-0.2, 0) is 0 Å². The highest BCUT2D eigenvalue weighted by atomic mass is 16.2. The zero-order chi connectivity index (χ0) is 14.6. The van der Waals surface area contributed by atoms with Crippen LogP contribution >= 0.6 is 0 Å². The lowest BCUT2D eigenvalue weighted by Gasteiger charge is -2.38. The minimum atomic E-state index is -0.143. The van der Waals surface area contributed by atoms with Crippen LogP contribution < -0.4 is 5.32 Å². The normalized spacial score (nSPS) is 22.9. The van der Waals surface area contributed by atoms with Crippen molar-refractivity contribution in [3.63, 3.8) is 0 Å². The summed E-state index contributed by atoms with van der Waals surface area (Å²) < 4.78 is 0. The number of rotatable bonds is 2. The first-order valence-electron chi connectivity index (χ1n) is 8.23. The Morgan fingerprint density at radius 1 is 1.05 bits per heavy atom. The summed E-state index contributed by atoms with van der Waals surface area (Å²) in [6.07, 6.45) is 7.07. The molecule has 2 amide bonds. The monoisotopic (exact) mass is 281 g/mol. The van der Waals surface area contributed by atoms with Gasteiger partial charge >= 0.3 is 6.03 Å². The average Bonchev–Trinajstić information content (AvgIpc) is 2.39. The highest BCUT2D eigenvalue weighted by Crippen LogP contribution is 2.24. The predicted octanol–water partition coefficient (Wildman–Crippen LogP) is 2.69. The highest BCUT2D eigenvalue weighted by molar-refractivity contribution is 5.75. The Kier molecular flexibility index (Phi) is 5.30. The molecule has 1 heterocycles. The molecule has 0 aromatic heterocycles. The molecule has 2 aliphatic rings. The van der Waals surface area contributed by atoms with E-state index >= 15 is 0 Å². The Morgan fingerprint density at radius 3 is 2.20 bits per heavy atom. The number of carbonyl (C=O) groups is 1. The van der Waals surface area contributed by atoms with Gasteiger partial charge in [-0.1, -0.05) is 19.3 Å². The molecule has 0 unspecified atom stereocenters. The fourth-order valence-electron chi connectivity index (χ4n) is 3.27. The van der Waals surface area contributed by atoms with Gasteiger partial charge in [0.1, 0.15) is 0 Å². The summed E-state index contributed by atoms with van der Waals surface area (Å²) in [7, 11) is 0. The van der Waals surface area contributed by atoms with Gasteiger partial charge < -0.3 is 10.2 Å². The number of nitrogens with one attached hydrogen (secondary N) is 1. The van der Waals surface area contributed by atoms with E-state index in [0.717, 1.165) is 32.1 Å². The number of carbonyl (C=O) groups excluding carboxylic acids is 1. The Labute approximate surface area is 123 Å². The van der Waals surface area contributed by atoms with E-state index in [4.69, 9.17) is 0 Å². The Morgan fingerprint density at radius 2 is 1.65 bits per heavy atom. The second-order valence-electron chi connectivity index (χ2n) is 7.47. The van der Waals surface area contributed by atoms with Gasteiger partial charge in [0.05, 0.1) is 0 Å². The van der Waals surface area contributed by atoms with Crippen molar-refractivity contribution in [1.29, 1.82) is 0 Å². The van der Waals surface area contributed by atoms with Gasteiger partial charge in [0.15, 0.2) is 0 Å². The minimum absolute atomic E-state index is 0.0924. The lowest BCUT2D eigenvalue weighted by atomic mass is 9.89. The van der Waals surface area contributed by atoms with Gasteiger partial charge in [-0.25, -0.2) is 4.79 Å². The third-order valence-corrected chi connectivity index (χ3v) is 4.38. The minimum Gasteiger partial charge on any atom is -0.333 e. The van der Waals surface area contributed by atoms with Crippen molar-refractivity contribution in [2.24, 2.45) is 5.92 Å². The van der Waals surface area contributed by atoms with Crippen LogP contribution in [0, 0.1) is 5.92 Å². The number of piperazine rings is 1.